The van der Waals surface area contributed by atoms with Gasteiger partial charge in [-0.25, -0.2) is 0 Å². The monoisotopic (exact) mass is 295 g/mol. The van der Waals surface area contributed by atoms with E-state index in [0.717, 1.165) is 29.4 Å². The molecule has 1 aliphatic carbocycles. The van der Waals surface area contributed by atoms with Gasteiger partial charge in [0.2, 0.25) is 5.91 Å². The van der Waals surface area contributed by atoms with Gasteiger partial charge >= 0.3 is 0 Å². The Hall–Kier alpha value is -0.830. The average Bonchev–Trinajstić information content (AvgIpc) is 2.78. The average molecular weight is 296 g/mol. The van der Waals surface area contributed by atoms with E-state index in [1.165, 1.54) is 12.8 Å². The van der Waals surface area contributed by atoms with E-state index in [4.69, 9.17) is 0 Å². The van der Waals surface area contributed by atoms with Gasteiger partial charge in [0.1, 0.15) is 0 Å². The summed E-state index contributed by atoms with van der Waals surface area (Å²) in [5, 5.41) is 3.05. The molecule has 1 aliphatic rings. The van der Waals surface area contributed by atoms with Crippen molar-refractivity contribution in [1.29, 1.82) is 0 Å². The minimum absolute atomic E-state index is 0.123. The lowest BCUT2D eigenvalue weighted by molar-refractivity contribution is -0.125. The van der Waals surface area contributed by atoms with Crippen LogP contribution in [0.1, 0.15) is 39.0 Å². The number of carbonyl (C=O) groups is 1. The van der Waals surface area contributed by atoms with Crippen molar-refractivity contribution in [3.05, 3.63) is 28.7 Å². The number of carbonyl (C=O) groups excluding carboxylic acids is 1. The number of hydrogen-bond acceptors (Lipinski definition) is 1. The van der Waals surface area contributed by atoms with Gasteiger partial charge in [0.25, 0.3) is 0 Å². The Balaban J connectivity index is 2.10. The smallest absolute Gasteiger partial charge is 0.230 e. The SMILES string of the molecule is CCC1(C(=O)Nc2cccc(Br)c2)CCCC1. The van der Waals surface area contributed by atoms with E-state index in [2.05, 4.69) is 28.2 Å². The number of halogens is 1. The van der Waals surface area contributed by atoms with E-state index in [1.54, 1.807) is 0 Å². The molecule has 0 unspecified atom stereocenters. The van der Waals surface area contributed by atoms with E-state index in [-0.39, 0.29) is 11.3 Å². The van der Waals surface area contributed by atoms with Crippen LogP contribution < -0.4 is 5.32 Å². The molecule has 1 N–H and O–H groups in total. The van der Waals surface area contributed by atoms with Crippen LogP contribution in [0.15, 0.2) is 28.7 Å². The highest BCUT2D eigenvalue weighted by atomic mass is 79.9. The molecule has 1 amide bonds. The summed E-state index contributed by atoms with van der Waals surface area (Å²) in [6.45, 7) is 2.12. The molecule has 0 saturated heterocycles. The van der Waals surface area contributed by atoms with Crippen molar-refractivity contribution in [1.82, 2.24) is 0 Å². The van der Waals surface area contributed by atoms with Crippen molar-refractivity contribution >= 4 is 27.5 Å². The summed E-state index contributed by atoms with van der Waals surface area (Å²) in [7, 11) is 0. The standard InChI is InChI=1S/C14H18BrNO/c1-2-14(8-3-4-9-14)13(17)16-12-7-5-6-11(15)10-12/h5-7,10H,2-4,8-9H2,1H3,(H,16,17). The number of hydrogen-bond donors (Lipinski definition) is 1. The molecule has 2 rings (SSSR count). The van der Waals surface area contributed by atoms with E-state index < -0.39 is 0 Å². The predicted molar refractivity (Wildman–Crippen MR) is 74.0 cm³/mol. The molecule has 0 spiro atoms. The van der Waals surface area contributed by atoms with Crippen LogP contribution in [0, 0.1) is 5.41 Å². The summed E-state index contributed by atoms with van der Waals surface area (Å²) in [4.78, 5) is 12.4. The number of benzene rings is 1. The first-order valence-corrected chi connectivity index (χ1v) is 7.03. The molecule has 2 nitrogen and oxygen atoms in total. The van der Waals surface area contributed by atoms with Crippen molar-refractivity contribution in [3.63, 3.8) is 0 Å². The molecule has 0 heterocycles. The number of anilines is 1. The summed E-state index contributed by atoms with van der Waals surface area (Å²) in [6.07, 6.45) is 5.36. The second-order valence-corrected chi connectivity index (χ2v) is 5.72. The first-order valence-electron chi connectivity index (χ1n) is 6.23. The lowest BCUT2D eigenvalue weighted by Crippen LogP contribution is -2.33. The number of amides is 1. The molecule has 1 saturated carbocycles. The van der Waals surface area contributed by atoms with Crippen molar-refractivity contribution in [3.8, 4) is 0 Å². The molecule has 0 atom stereocenters. The molecular weight excluding hydrogens is 278 g/mol. The van der Waals surface area contributed by atoms with Crippen LogP contribution in [-0.4, -0.2) is 5.91 Å². The molecule has 0 bridgehead atoms. The van der Waals surface area contributed by atoms with Crippen LogP contribution in [0.5, 0.6) is 0 Å². The fourth-order valence-electron chi connectivity index (χ4n) is 2.62. The molecular formula is C14H18BrNO. The molecule has 92 valence electrons. The van der Waals surface area contributed by atoms with Crippen molar-refractivity contribution < 1.29 is 4.79 Å². The van der Waals surface area contributed by atoms with Gasteiger partial charge in [-0.2, -0.15) is 0 Å². The van der Waals surface area contributed by atoms with Gasteiger partial charge in [-0.15, -0.1) is 0 Å². The summed E-state index contributed by atoms with van der Waals surface area (Å²) < 4.78 is 0.993. The zero-order valence-electron chi connectivity index (χ0n) is 10.1. The van der Waals surface area contributed by atoms with Gasteiger partial charge in [-0.05, 0) is 37.5 Å². The Morgan fingerprint density at radius 1 is 1.41 bits per heavy atom. The maximum absolute atomic E-state index is 12.4. The highest BCUT2D eigenvalue weighted by Gasteiger charge is 2.39. The molecule has 0 radical (unpaired) electrons. The second kappa shape index (κ2) is 5.21. The van der Waals surface area contributed by atoms with Crippen molar-refractivity contribution in [2.75, 3.05) is 5.32 Å². The zero-order valence-corrected chi connectivity index (χ0v) is 11.7. The van der Waals surface area contributed by atoms with Crippen LogP contribution in [0.2, 0.25) is 0 Å². The Morgan fingerprint density at radius 3 is 2.71 bits per heavy atom. The van der Waals surface area contributed by atoms with Gasteiger partial charge in [-0.1, -0.05) is 41.8 Å². The lowest BCUT2D eigenvalue weighted by Gasteiger charge is -2.26. The molecule has 1 aromatic rings. The second-order valence-electron chi connectivity index (χ2n) is 4.81. The first kappa shape index (κ1) is 12.6. The van der Waals surface area contributed by atoms with Crippen molar-refractivity contribution in [2.24, 2.45) is 5.41 Å². The quantitative estimate of drug-likeness (QED) is 0.882. The summed E-state index contributed by atoms with van der Waals surface area (Å²) in [6, 6.07) is 7.77. The molecule has 3 heteroatoms. The fraction of sp³-hybridized carbons (Fsp3) is 0.500. The maximum atomic E-state index is 12.4. The summed E-state index contributed by atoms with van der Waals surface area (Å²) in [5.74, 6) is 0.190. The Morgan fingerprint density at radius 2 is 2.12 bits per heavy atom. The van der Waals surface area contributed by atoms with Crippen molar-refractivity contribution in [2.45, 2.75) is 39.0 Å². The van der Waals surface area contributed by atoms with E-state index >= 15 is 0 Å². The normalized spacial score (nSPS) is 18.0. The third-order valence-electron chi connectivity index (χ3n) is 3.80. The molecule has 1 fully saturated rings. The topological polar surface area (TPSA) is 29.1 Å². The zero-order chi connectivity index (χ0) is 12.3. The largest absolute Gasteiger partial charge is 0.326 e. The highest BCUT2D eigenvalue weighted by molar-refractivity contribution is 9.10. The third-order valence-corrected chi connectivity index (χ3v) is 4.29. The Labute approximate surface area is 111 Å². The molecule has 0 aliphatic heterocycles. The number of rotatable bonds is 3. The maximum Gasteiger partial charge on any atom is 0.230 e. The Kier molecular flexibility index (Phi) is 3.87. The lowest BCUT2D eigenvalue weighted by atomic mass is 9.82. The molecule has 17 heavy (non-hydrogen) atoms. The van der Waals surface area contributed by atoms with Crippen LogP contribution in [-0.2, 0) is 4.79 Å². The molecule has 0 aromatic heterocycles. The van der Waals surface area contributed by atoms with E-state index in [1.807, 2.05) is 24.3 Å². The van der Waals surface area contributed by atoms with Gasteiger partial charge in [0.05, 0.1) is 0 Å². The predicted octanol–water partition coefficient (Wildman–Crippen LogP) is 4.36. The fourth-order valence-corrected chi connectivity index (χ4v) is 3.02. The van der Waals surface area contributed by atoms with E-state index in [9.17, 15) is 4.79 Å². The van der Waals surface area contributed by atoms with Gasteiger partial charge < -0.3 is 5.32 Å². The minimum Gasteiger partial charge on any atom is -0.326 e. The van der Waals surface area contributed by atoms with Gasteiger partial charge in [-0.3, -0.25) is 4.79 Å². The molecule has 1 aromatic carbocycles. The first-order chi connectivity index (χ1) is 8.16. The third kappa shape index (κ3) is 2.71. The number of nitrogens with one attached hydrogen (secondary N) is 1. The summed E-state index contributed by atoms with van der Waals surface area (Å²) in [5.41, 5.74) is 0.756. The highest BCUT2D eigenvalue weighted by Crippen LogP contribution is 2.41. The van der Waals surface area contributed by atoms with Gasteiger partial charge in [0.15, 0.2) is 0 Å². The van der Waals surface area contributed by atoms with E-state index in [0.29, 0.717) is 0 Å². The van der Waals surface area contributed by atoms with Gasteiger partial charge in [0, 0.05) is 15.6 Å². The minimum atomic E-state index is -0.123. The Bertz CT molecular complexity index is 410. The van der Waals surface area contributed by atoms with Crippen LogP contribution in [0.25, 0.3) is 0 Å². The van der Waals surface area contributed by atoms with Crippen LogP contribution in [0.3, 0.4) is 0 Å². The van der Waals surface area contributed by atoms with Crippen LogP contribution >= 0.6 is 15.9 Å². The van der Waals surface area contributed by atoms with Crippen LogP contribution in [0.4, 0.5) is 5.69 Å². The summed E-state index contributed by atoms with van der Waals surface area (Å²) >= 11 is 3.41.